The van der Waals surface area contributed by atoms with E-state index in [9.17, 15) is 9.59 Å². The Morgan fingerprint density at radius 2 is 1.74 bits per heavy atom. The van der Waals surface area contributed by atoms with Gasteiger partial charge in [-0.15, -0.1) is 0 Å². The smallest absolute Gasteiger partial charge is 0.335 e. The van der Waals surface area contributed by atoms with Crippen LogP contribution < -0.4 is 10.2 Å². The van der Waals surface area contributed by atoms with Gasteiger partial charge in [-0.1, -0.05) is 23.7 Å². The van der Waals surface area contributed by atoms with E-state index in [-0.39, 0.29) is 11.5 Å². The highest BCUT2D eigenvalue weighted by molar-refractivity contribution is 6.31. The van der Waals surface area contributed by atoms with Crippen molar-refractivity contribution in [3.05, 3.63) is 64.2 Å². The van der Waals surface area contributed by atoms with Gasteiger partial charge in [0.2, 0.25) is 0 Å². The van der Waals surface area contributed by atoms with Crippen LogP contribution in [0.15, 0.2) is 42.5 Å². The van der Waals surface area contributed by atoms with Gasteiger partial charge in [0, 0.05) is 24.7 Å². The van der Waals surface area contributed by atoms with Gasteiger partial charge in [-0.2, -0.15) is 0 Å². The monoisotopic (exact) mass is 386 g/mol. The van der Waals surface area contributed by atoms with Gasteiger partial charge in [0.25, 0.3) is 5.91 Å². The number of carboxylic acid groups (broad SMARTS) is 1. The van der Waals surface area contributed by atoms with Crippen molar-refractivity contribution in [3.8, 4) is 0 Å². The number of hydrogen-bond donors (Lipinski definition) is 2. The van der Waals surface area contributed by atoms with Crippen LogP contribution in [0.1, 0.15) is 45.5 Å². The number of amides is 1. The fourth-order valence-electron chi connectivity index (χ4n) is 3.32. The zero-order chi connectivity index (χ0) is 19.2. The SMILES string of the molecule is O=C(O)c1ccc(CCNC(=O)c2ccc(Cl)cc2N2CCCCC2)cc1. The minimum Gasteiger partial charge on any atom is -0.478 e. The molecule has 1 fully saturated rings. The summed E-state index contributed by atoms with van der Waals surface area (Å²) in [4.78, 5) is 25.8. The highest BCUT2D eigenvalue weighted by Gasteiger charge is 2.19. The van der Waals surface area contributed by atoms with E-state index in [0.717, 1.165) is 37.2 Å². The van der Waals surface area contributed by atoms with Crippen molar-refractivity contribution in [2.24, 2.45) is 0 Å². The maximum Gasteiger partial charge on any atom is 0.335 e. The third-order valence-electron chi connectivity index (χ3n) is 4.80. The fraction of sp³-hybridized carbons (Fsp3) is 0.333. The lowest BCUT2D eigenvalue weighted by Crippen LogP contribution is -2.33. The minimum absolute atomic E-state index is 0.116. The topological polar surface area (TPSA) is 69.6 Å². The zero-order valence-electron chi connectivity index (χ0n) is 15.1. The van der Waals surface area contributed by atoms with Crippen LogP contribution in [0.3, 0.4) is 0 Å². The number of carbonyl (C=O) groups is 2. The van der Waals surface area contributed by atoms with Crippen LogP contribution >= 0.6 is 11.6 Å². The van der Waals surface area contributed by atoms with Crippen LogP contribution in [0.2, 0.25) is 5.02 Å². The van der Waals surface area contributed by atoms with E-state index < -0.39 is 5.97 Å². The van der Waals surface area contributed by atoms with Gasteiger partial charge in [-0.3, -0.25) is 4.79 Å². The number of benzene rings is 2. The molecule has 2 N–H and O–H groups in total. The molecule has 0 radical (unpaired) electrons. The van der Waals surface area contributed by atoms with Gasteiger partial charge in [0.05, 0.1) is 16.8 Å². The molecule has 3 rings (SSSR count). The third-order valence-corrected chi connectivity index (χ3v) is 5.04. The first kappa shape index (κ1) is 19.2. The second-order valence-electron chi connectivity index (χ2n) is 6.72. The maximum atomic E-state index is 12.7. The molecular formula is C21H23ClN2O3. The first-order valence-corrected chi connectivity index (χ1v) is 9.57. The molecule has 2 aromatic rings. The van der Waals surface area contributed by atoms with Gasteiger partial charge >= 0.3 is 5.97 Å². The highest BCUT2D eigenvalue weighted by Crippen LogP contribution is 2.27. The molecule has 0 bridgehead atoms. The number of halogens is 1. The van der Waals surface area contributed by atoms with Crippen molar-refractivity contribution in [2.75, 3.05) is 24.5 Å². The van der Waals surface area contributed by atoms with Gasteiger partial charge in [-0.25, -0.2) is 4.79 Å². The van der Waals surface area contributed by atoms with Crippen molar-refractivity contribution in [1.29, 1.82) is 0 Å². The largest absolute Gasteiger partial charge is 0.478 e. The molecular weight excluding hydrogens is 364 g/mol. The van der Waals surface area contributed by atoms with Crippen molar-refractivity contribution in [2.45, 2.75) is 25.7 Å². The molecule has 0 spiro atoms. The molecule has 1 heterocycles. The van der Waals surface area contributed by atoms with Crippen LogP contribution in [0, 0.1) is 0 Å². The molecule has 1 amide bonds. The van der Waals surface area contributed by atoms with Crippen molar-refractivity contribution < 1.29 is 14.7 Å². The lowest BCUT2D eigenvalue weighted by Gasteiger charge is -2.30. The summed E-state index contributed by atoms with van der Waals surface area (Å²) in [5.74, 6) is -1.06. The summed E-state index contributed by atoms with van der Waals surface area (Å²) in [6.07, 6.45) is 4.11. The fourth-order valence-corrected chi connectivity index (χ4v) is 3.49. The summed E-state index contributed by atoms with van der Waals surface area (Å²) in [5, 5.41) is 12.5. The Balaban J connectivity index is 1.63. The molecule has 27 heavy (non-hydrogen) atoms. The lowest BCUT2D eigenvalue weighted by atomic mass is 10.1. The number of nitrogens with zero attached hydrogens (tertiary/aromatic N) is 1. The lowest BCUT2D eigenvalue weighted by molar-refractivity contribution is 0.0696. The molecule has 2 aromatic carbocycles. The number of carbonyl (C=O) groups excluding carboxylic acids is 1. The van der Waals surface area contributed by atoms with Gasteiger partial charge in [0.1, 0.15) is 0 Å². The predicted molar refractivity (Wildman–Crippen MR) is 107 cm³/mol. The number of nitrogens with one attached hydrogen (secondary N) is 1. The molecule has 0 atom stereocenters. The summed E-state index contributed by atoms with van der Waals surface area (Å²) in [7, 11) is 0. The Hall–Kier alpha value is -2.53. The molecule has 0 aromatic heterocycles. The quantitative estimate of drug-likeness (QED) is 0.787. The molecule has 0 aliphatic carbocycles. The normalized spacial score (nSPS) is 14.0. The van der Waals surface area contributed by atoms with Gasteiger partial charge in [-0.05, 0) is 61.6 Å². The number of aromatic carboxylic acids is 1. The number of carboxylic acids is 1. The van der Waals surface area contributed by atoms with Crippen LogP contribution in [0.25, 0.3) is 0 Å². The number of hydrogen-bond acceptors (Lipinski definition) is 3. The number of anilines is 1. The first-order valence-electron chi connectivity index (χ1n) is 9.19. The Kier molecular flexibility index (Phi) is 6.35. The Bertz CT molecular complexity index is 815. The molecule has 1 saturated heterocycles. The standard InChI is InChI=1S/C21H23ClN2O3/c22-17-8-9-18(19(14-17)24-12-2-1-3-13-24)20(25)23-11-10-15-4-6-16(7-5-15)21(26)27/h4-9,14H,1-3,10-13H2,(H,23,25)(H,26,27). The number of piperidine rings is 1. The summed E-state index contributed by atoms with van der Waals surface area (Å²) >= 11 is 6.16. The molecule has 1 aliphatic rings. The average Bonchev–Trinajstić information content (AvgIpc) is 2.69. The Morgan fingerprint density at radius 1 is 1.04 bits per heavy atom. The molecule has 5 nitrogen and oxygen atoms in total. The van der Waals surface area contributed by atoms with Crippen LogP contribution in [0.5, 0.6) is 0 Å². The van der Waals surface area contributed by atoms with E-state index in [0.29, 0.717) is 23.6 Å². The summed E-state index contributed by atoms with van der Waals surface area (Å²) in [6, 6.07) is 12.1. The zero-order valence-corrected chi connectivity index (χ0v) is 15.8. The molecule has 6 heteroatoms. The van der Waals surface area contributed by atoms with E-state index in [1.807, 2.05) is 6.07 Å². The Labute approximate surface area is 163 Å². The number of rotatable bonds is 6. The summed E-state index contributed by atoms with van der Waals surface area (Å²) < 4.78 is 0. The maximum absolute atomic E-state index is 12.7. The van der Waals surface area contributed by atoms with E-state index in [4.69, 9.17) is 16.7 Å². The highest BCUT2D eigenvalue weighted by atomic mass is 35.5. The van der Waals surface area contributed by atoms with E-state index >= 15 is 0 Å². The molecule has 0 saturated carbocycles. The van der Waals surface area contributed by atoms with Crippen LogP contribution in [-0.4, -0.2) is 36.6 Å². The van der Waals surface area contributed by atoms with Crippen LogP contribution in [-0.2, 0) is 6.42 Å². The third kappa shape index (κ3) is 5.01. The minimum atomic E-state index is -0.942. The van der Waals surface area contributed by atoms with E-state index in [2.05, 4.69) is 10.2 Å². The average molecular weight is 387 g/mol. The molecule has 1 aliphatic heterocycles. The Morgan fingerprint density at radius 3 is 2.41 bits per heavy atom. The molecule has 0 unspecified atom stereocenters. The van der Waals surface area contributed by atoms with Crippen molar-refractivity contribution in [3.63, 3.8) is 0 Å². The molecule has 142 valence electrons. The second-order valence-corrected chi connectivity index (χ2v) is 7.15. The second kappa shape index (κ2) is 8.91. The van der Waals surface area contributed by atoms with E-state index in [1.54, 1.807) is 36.4 Å². The summed E-state index contributed by atoms with van der Waals surface area (Å²) in [6.45, 7) is 2.36. The van der Waals surface area contributed by atoms with Gasteiger partial charge in [0.15, 0.2) is 0 Å². The van der Waals surface area contributed by atoms with E-state index in [1.165, 1.54) is 6.42 Å². The van der Waals surface area contributed by atoms with Crippen LogP contribution in [0.4, 0.5) is 5.69 Å². The predicted octanol–water partition coefficient (Wildman–Crippen LogP) is 4.00. The first-order chi connectivity index (χ1) is 13.0. The van der Waals surface area contributed by atoms with Crippen molar-refractivity contribution >= 4 is 29.2 Å². The van der Waals surface area contributed by atoms with Crippen molar-refractivity contribution in [1.82, 2.24) is 5.32 Å². The van der Waals surface area contributed by atoms with Gasteiger partial charge < -0.3 is 15.3 Å². The summed E-state index contributed by atoms with van der Waals surface area (Å²) in [5.41, 5.74) is 2.77.